The highest BCUT2D eigenvalue weighted by molar-refractivity contribution is 6.30. The molecule has 2 unspecified atom stereocenters. The summed E-state index contributed by atoms with van der Waals surface area (Å²) in [5.41, 5.74) is 5.57. The third-order valence-electron chi connectivity index (χ3n) is 5.70. The number of nitrogens with two attached hydrogens (primary N) is 1. The third-order valence-corrected chi connectivity index (χ3v) is 5.93. The summed E-state index contributed by atoms with van der Waals surface area (Å²) >= 11 is 5.40. The van der Waals surface area contributed by atoms with E-state index in [0.29, 0.717) is 35.5 Å². The van der Waals surface area contributed by atoms with Gasteiger partial charge in [0.05, 0.1) is 10.9 Å². The minimum atomic E-state index is -2.74. The van der Waals surface area contributed by atoms with Gasteiger partial charge >= 0.3 is 0 Å². The number of primary amides is 1. The minimum absolute atomic E-state index is 0.0998. The van der Waals surface area contributed by atoms with Crippen LogP contribution in [0.1, 0.15) is 54.7 Å². The van der Waals surface area contributed by atoms with E-state index in [2.05, 4.69) is 9.97 Å². The van der Waals surface area contributed by atoms with Gasteiger partial charge in [-0.2, -0.15) is 0 Å². The number of nitrogens with one attached hydrogen (secondary N) is 1. The van der Waals surface area contributed by atoms with E-state index in [-0.39, 0.29) is 23.3 Å². The van der Waals surface area contributed by atoms with Gasteiger partial charge in [-0.1, -0.05) is 24.6 Å². The zero-order valence-electron chi connectivity index (χ0n) is 17.4. The molecule has 3 N–H and O–H groups in total. The van der Waals surface area contributed by atoms with Crippen molar-refractivity contribution in [3.05, 3.63) is 75.0 Å². The number of hydrogen-bond donors (Lipinski definition) is 2. The van der Waals surface area contributed by atoms with Crippen molar-refractivity contribution in [2.45, 2.75) is 44.4 Å². The SMILES string of the molecule is CCC1CCC(c2cc(=O)c3c(C(N)=O)nccc3[nH]2)CC1(F)F.Fc1cccc(Cl)c1. The Kier molecular flexibility index (Phi) is 7.23. The standard InChI is InChI=1S/C17H19F2N3O2.C6H4ClF/c1-2-10-4-3-9(8-17(10,18)19)12-7-13(23)14-11(22-12)5-6-21-15(14)16(20)24;7-5-2-1-3-6(8)4-5/h5-7,9-10H,2-4,8H2,1H3,(H2,20,24)(H,22,23);1-4H. The average Bonchev–Trinajstić information content (AvgIpc) is 2.72. The molecule has 1 amide bonds. The first kappa shape index (κ1) is 23.8. The Morgan fingerprint density at radius 1 is 1.28 bits per heavy atom. The van der Waals surface area contributed by atoms with E-state index in [1.54, 1.807) is 25.1 Å². The maximum atomic E-state index is 14.2. The topological polar surface area (TPSA) is 88.8 Å². The number of nitrogens with zero attached hydrogens (tertiary/aromatic N) is 1. The molecule has 5 nitrogen and oxygen atoms in total. The number of fused-ring (bicyclic) bond motifs is 1. The van der Waals surface area contributed by atoms with Gasteiger partial charge in [-0.25, -0.2) is 13.2 Å². The average molecular weight is 466 g/mol. The van der Waals surface area contributed by atoms with Crippen molar-refractivity contribution in [1.29, 1.82) is 0 Å². The van der Waals surface area contributed by atoms with Gasteiger partial charge in [0, 0.05) is 41.2 Å². The smallest absolute Gasteiger partial charge is 0.268 e. The van der Waals surface area contributed by atoms with Crippen LogP contribution in [-0.4, -0.2) is 21.8 Å². The number of aromatic amines is 1. The lowest BCUT2D eigenvalue weighted by Crippen LogP contribution is -2.35. The molecule has 3 aromatic rings. The number of pyridine rings is 2. The maximum absolute atomic E-state index is 14.2. The van der Waals surface area contributed by atoms with Crippen LogP contribution in [-0.2, 0) is 0 Å². The van der Waals surface area contributed by atoms with Crippen molar-refractivity contribution in [3.63, 3.8) is 0 Å². The molecule has 1 aliphatic carbocycles. The van der Waals surface area contributed by atoms with Gasteiger partial charge in [-0.3, -0.25) is 14.6 Å². The molecule has 170 valence electrons. The fourth-order valence-electron chi connectivity index (χ4n) is 4.07. The number of halogens is 4. The van der Waals surface area contributed by atoms with Crippen LogP contribution in [0.15, 0.2) is 47.4 Å². The largest absolute Gasteiger partial charge is 0.364 e. The van der Waals surface area contributed by atoms with E-state index in [0.717, 1.165) is 0 Å². The van der Waals surface area contributed by atoms with Crippen molar-refractivity contribution in [2.75, 3.05) is 0 Å². The Morgan fingerprint density at radius 2 is 2.03 bits per heavy atom. The first-order chi connectivity index (χ1) is 15.1. The lowest BCUT2D eigenvalue weighted by Gasteiger charge is -2.35. The zero-order valence-corrected chi connectivity index (χ0v) is 18.1. The van der Waals surface area contributed by atoms with Crippen LogP contribution in [0, 0.1) is 11.7 Å². The highest BCUT2D eigenvalue weighted by Gasteiger charge is 2.44. The number of benzene rings is 1. The van der Waals surface area contributed by atoms with Gasteiger partial charge in [0.2, 0.25) is 0 Å². The molecular weight excluding hydrogens is 443 g/mol. The number of aromatic nitrogens is 2. The van der Waals surface area contributed by atoms with Gasteiger partial charge in [-0.15, -0.1) is 0 Å². The molecule has 1 saturated carbocycles. The van der Waals surface area contributed by atoms with E-state index in [9.17, 15) is 22.8 Å². The van der Waals surface area contributed by atoms with Gasteiger partial charge in [0.15, 0.2) is 5.43 Å². The van der Waals surface area contributed by atoms with Crippen molar-refractivity contribution in [2.24, 2.45) is 11.7 Å². The summed E-state index contributed by atoms with van der Waals surface area (Å²) in [5, 5.41) is 0.535. The summed E-state index contributed by atoms with van der Waals surface area (Å²) in [7, 11) is 0. The van der Waals surface area contributed by atoms with Crippen molar-refractivity contribution in [3.8, 4) is 0 Å². The molecule has 0 radical (unpaired) electrons. The quantitative estimate of drug-likeness (QED) is 0.540. The van der Waals surface area contributed by atoms with Crippen LogP contribution in [0.5, 0.6) is 0 Å². The van der Waals surface area contributed by atoms with Gasteiger partial charge in [0.25, 0.3) is 11.8 Å². The molecule has 4 rings (SSSR count). The highest BCUT2D eigenvalue weighted by Crippen LogP contribution is 2.46. The van der Waals surface area contributed by atoms with E-state index < -0.39 is 29.1 Å². The number of alkyl halides is 2. The molecule has 1 aromatic carbocycles. The van der Waals surface area contributed by atoms with Gasteiger partial charge < -0.3 is 10.7 Å². The van der Waals surface area contributed by atoms with Gasteiger partial charge in [0.1, 0.15) is 11.5 Å². The number of carbonyl (C=O) groups is 1. The van der Waals surface area contributed by atoms with E-state index in [4.69, 9.17) is 17.3 Å². The second kappa shape index (κ2) is 9.73. The summed E-state index contributed by atoms with van der Waals surface area (Å²) in [6, 6.07) is 8.65. The lowest BCUT2D eigenvalue weighted by atomic mass is 9.76. The third kappa shape index (κ3) is 5.30. The molecular formula is C23H23ClF3N3O2. The first-order valence-electron chi connectivity index (χ1n) is 10.2. The minimum Gasteiger partial charge on any atom is -0.364 e. The van der Waals surface area contributed by atoms with E-state index in [1.807, 2.05) is 0 Å². The molecule has 0 saturated heterocycles. The van der Waals surface area contributed by atoms with Crippen molar-refractivity contribution >= 4 is 28.4 Å². The summed E-state index contributed by atoms with van der Waals surface area (Å²) in [6.07, 6.45) is 2.56. The van der Waals surface area contributed by atoms with Crippen LogP contribution in [0.2, 0.25) is 5.02 Å². The normalized spacial score (nSPS) is 19.8. The maximum Gasteiger partial charge on any atom is 0.268 e. The molecule has 2 aromatic heterocycles. The molecule has 1 fully saturated rings. The fourth-order valence-corrected chi connectivity index (χ4v) is 4.24. The predicted octanol–water partition coefficient (Wildman–Crippen LogP) is 5.43. The second-order valence-corrected chi connectivity index (χ2v) is 8.26. The first-order valence-corrected chi connectivity index (χ1v) is 10.6. The van der Waals surface area contributed by atoms with Crippen molar-refractivity contribution < 1.29 is 18.0 Å². The Labute approximate surface area is 187 Å². The number of rotatable bonds is 3. The number of amides is 1. The molecule has 2 atom stereocenters. The predicted molar refractivity (Wildman–Crippen MR) is 118 cm³/mol. The second-order valence-electron chi connectivity index (χ2n) is 7.82. The number of hydrogen-bond acceptors (Lipinski definition) is 3. The monoisotopic (exact) mass is 465 g/mol. The molecule has 1 aliphatic rings. The van der Waals surface area contributed by atoms with Gasteiger partial charge in [-0.05, 0) is 43.5 Å². The summed E-state index contributed by atoms with van der Waals surface area (Å²) in [5.74, 6) is -4.84. The molecule has 0 bridgehead atoms. The Balaban J connectivity index is 0.000000305. The summed E-state index contributed by atoms with van der Waals surface area (Å²) < 4.78 is 40.5. The zero-order chi connectivity index (χ0) is 23.5. The molecule has 2 heterocycles. The number of H-pyrrole nitrogens is 1. The van der Waals surface area contributed by atoms with Crippen LogP contribution in [0.3, 0.4) is 0 Å². The van der Waals surface area contributed by atoms with E-state index >= 15 is 0 Å². The van der Waals surface area contributed by atoms with Crippen LogP contribution in [0.4, 0.5) is 13.2 Å². The summed E-state index contributed by atoms with van der Waals surface area (Å²) in [6.45, 7) is 1.77. The summed E-state index contributed by atoms with van der Waals surface area (Å²) in [4.78, 5) is 30.7. The van der Waals surface area contributed by atoms with Crippen molar-refractivity contribution in [1.82, 2.24) is 9.97 Å². The Hall–Kier alpha value is -2.87. The molecule has 0 aliphatic heterocycles. The van der Waals surface area contributed by atoms with Crippen LogP contribution < -0.4 is 11.2 Å². The highest BCUT2D eigenvalue weighted by atomic mass is 35.5. The van der Waals surface area contributed by atoms with E-state index in [1.165, 1.54) is 24.4 Å². The molecule has 9 heteroatoms. The number of carbonyl (C=O) groups excluding carboxylic acids is 1. The lowest BCUT2D eigenvalue weighted by molar-refractivity contribution is -0.0931. The van der Waals surface area contributed by atoms with Crippen LogP contribution in [0.25, 0.3) is 10.9 Å². The molecule has 0 spiro atoms. The fraction of sp³-hybridized carbons (Fsp3) is 0.348. The van der Waals surface area contributed by atoms with Crippen LogP contribution >= 0.6 is 11.6 Å². The Morgan fingerprint density at radius 3 is 2.59 bits per heavy atom. The molecule has 32 heavy (non-hydrogen) atoms. The Bertz CT molecular complexity index is 1170.